The molecule has 4 nitrogen and oxygen atoms in total. The Morgan fingerprint density at radius 1 is 1.39 bits per heavy atom. The minimum atomic E-state index is 0.0603. The van der Waals surface area contributed by atoms with Gasteiger partial charge < -0.3 is 4.57 Å². The summed E-state index contributed by atoms with van der Waals surface area (Å²) in [5, 5.41) is 0. The van der Waals surface area contributed by atoms with Crippen LogP contribution >= 0.6 is 11.8 Å². The third-order valence-electron chi connectivity index (χ3n) is 2.76. The molecule has 0 aliphatic rings. The van der Waals surface area contributed by atoms with Crippen molar-refractivity contribution in [2.24, 2.45) is 5.84 Å². The van der Waals surface area contributed by atoms with Crippen molar-refractivity contribution in [1.82, 2.24) is 15.0 Å². The van der Waals surface area contributed by atoms with E-state index in [1.165, 1.54) is 4.90 Å². The van der Waals surface area contributed by atoms with Crippen LogP contribution in [-0.4, -0.2) is 15.3 Å². The number of nitrogens with two attached hydrogens (primary N) is 1. The zero-order valence-corrected chi connectivity index (χ0v) is 11.2. The van der Waals surface area contributed by atoms with E-state index in [0.717, 1.165) is 18.1 Å². The van der Waals surface area contributed by atoms with E-state index in [0.29, 0.717) is 0 Å². The lowest BCUT2D eigenvalue weighted by Gasteiger charge is -2.16. The molecule has 5 heteroatoms. The molecule has 0 aliphatic heterocycles. The number of hydrogen-bond donors (Lipinski definition) is 2. The lowest BCUT2D eigenvalue weighted by molar-refractivity contribution is 0.540. The van der Waals surface area contributed by atoms with E-state index in [2.05, 4.69) is 34.0 Å². The topological polar surface area (TPSA) is 55.9 Å². The van der Waals surface area contributed by atoms with Crippen LogP contribution in [0.1, 0.15) is 18.8 Å². The van der Waals surface area contributed by atoms with Gasteiger partial charge in [0, 0.05) is 29.6 Å². The Labute approximate surface area is 112 Å². The van der Waals surface area contributed by atoms with E-state index in [1.807, 2.05) is 30.6 Å². The lowest BCUT2D eigenvalue weighted by atomic mass is 10.3. The predicted molar refractivity (Wildman–Crippen MR) is 75.1 cm³/mol. The van der Waals surface area contributed by atoms with Gasteiger partial charge in [-0.25, -0.2) is 10.4 Å². The molecule has 1 heterocycles. The summed E-state index contributed by atoms with van der Waals surface area (Å²) in [6, 6.07) is 10.4. The number of imidazole rings is 1. The molecular formula is C13H18N4S. The number of thioether (sulfide) groups is 1. The number of nitrogens with one attached hydrogen (secondary N) is 1. The highest BCUT2D eigenvalue weighted by molar-refractivity contribution is 7.99. The average molecular weight is 262 g/mol. The molecule has 0 amide bonds. The fraction of sp³-hybridized carbons (Fsp3) is 0.308. The van der Waals surface area contributed by atoms with Crippen molar-refractivity contribution in [3.8, 4) is 0 Å². The smallest absolute Gasteiger partial charge is 0.128 e. The molecule has 0 spiro atoms. The SMILES string of the molecule is CCn1ccnc1C(CSc1ccccc1)NN. The van der Waals surface area contributed by atoms with Crippen molar-refractivity contribution < 1.29 is 0 Å². The molecule has 0 aliphatic carbocycles. The van der Waals surface area contributed by atoms with Gasteiger partial charge in [0.25, 0.3) is 0 Å². The molecule has 0 radical (unpaired) electrons. The van der Waals surface area contributed by atoms with E-state index in [9.17, 15) is 0 Å². The van der Waals surface area contributed by atoms with Gasteiger partial charge in [-0.1, -0.05) is 18.2 Å². The van der Waals surface area contributed by atoms with Gasteiger partial charge in [0.2, 0.25) is 0 Å². The molecule has 0 saturated heterocycles. The average Bonchev–Trinajstić information content (AvgIpc) is 2.89. The van der Waals surface area contributed by atoms with Crippen LogP contribution in [0.25, 0.3) is 0 Å². The molecule has 1 aromatic carbocycles. The fourth-order valence-corrected chi connectivity index (χ4v) is 2.75. The Morgan fingerprint density at radius 2 is 2.17 bits per heavy atom. The van der Waals surface area contributed by atoms with E-state index in [-0.39, 0.29) is 6.04 Å². The van der Waals surface area contributed by atoms with Gasteiger partial charge in [-0.05, 0) is 19.1 Å². The summed E-state index contributed by atoms with van der Waals surface area (Å²) in [6.45, 7) is 3.01. The van der Waals surface area contributed by atoms with Gasteiger partial charge in [-0.15, -0.1) is 11.8 Å². The monoisotopic (exact) mass is 262 g/mol. The molecule has 2 rings (SSSR count). The van der Waals surface area contributed by atoms with Gasteiger partial charge >= 0.3 is 0 Å². The molecule has 1 unspecified atom stereocenters. The zero-order chi connectivity index (χ0) is 12.8. The first-order chi connectivity index (χ1) is 8.85. The number of rotatable bonds is 6. The first kappa shape index (κ1) is 13.1. The first-order valence-electron chi connectivity index (χ1n) is 6.00. The molecule has 1 aromatic heterocycles. The molecule has 2 aromatic rings. The first-order valence-corrected chi connectivity index (χ1v) is 6.98. The Morgan fingerprint density at radius 3 is 2.83 bits per heavy atom. The molecule has 96 valence electrons. The number of benzene rings is 1. The highest BCUT2D eigenvalue weighted by Crippen LogP contribution is 2.23. The summed E-state index contributed by atoms with van der Waals surface area (Å²) >= 11 is 1.77. The van der Waals surface area contributed by atoms with Crippen LogP contribution in [0, 0.1) is 0 Å². The van der Waals surface area contributed by atoms with Crippen LogP contribution in [0.15, 0.2) is 47.6 Å². The van der Waals surface area contributed by atoms with Crippen molar-refractivity contribution >= 4 is 11.8 Å². The number of hydrazine groups is 1. The summed E-state index contributed by atoms with van der Waals surface area (Å²) in [4.78, 5) is 5.62. The number of hydrogen-bond acceptors (Lipinski definition) is 4. The molecule has 0 saturated carbocycles. The molecular weight excluding hydrogens is 244 g/mol. The van der Waals surface area contributed by atoms with Crippen LogP contribution in [0.5, 0.6) is 0 Å². The van der Waals surface area contributed by atoms with Gasteiger partial charge in [0.1, 0.15) is 5.82 Å². The minimum Gasteiger partial charge on any atom is -0.334 e. The van der Waals surface area contributed by atoms with Crippen LogP contribution in [0.3, 0.4) is 0 Å². The fourth-order valence-electron chi connectivity index (χ4n) is 1.79. The van der Waals surface area contributed by atoms with Crippen molar-refractivity contribution in [2.45, 2.75) is 24.4 Å². The van der Waals surface area contributed by atoms with E-state index in [4.69, 9.17) is 5.84 Å². The maximum Gasteiger partial charge on any atom is 0.128 e. The second-order valence-electron chi connectivity index (χ2n) is 3.91. The second kappa shape index (κ2) is 6.58. The summed E-state index contributed by atoms with van der Waals surface area (Å²) in [6.07, 6.45) is 3.79. The standard InChI is InChI=1S/C13H18N4S/c1-2-17-9-8-15-13(17)12(16-14)10-18-11-6-4-3-5-7-11/h3-9,12,16H,2,10,14H2,1H3. The zero-order valence-electron chi connectivity index (χ0n) is 10.4. The van der Waals surface area contributed by atoms with E-state index < -0.39 is 0 Å². The normalized spacial score (nSPS) is 12.6. The molecule has 18 heavy (non-hydrogen) atoms. The van der Waals surface area contributed by atoms with Crippen LogP contribution in [0.4, 0.5) is 0 Å². The summed E-state index contributed by atoms with van der Waals surface area (Å²) in [5.74, 6) is 7.48. The Kier molecular flexibility index (Phi) is 4.81. The molecule has 0 fully saturated rings. The molecule has 3 N–H and O–H groups in total. The molecule has 1 atom stereocenters. The number of nitrogens with zero attached hydrogens (tertiary/aromatic N) is 2. The predicted octanol–water partition coefficient (Wildman–Crippen LogP) is 2.20. The Bertz CT molecular complexity index is 469. The minimum absolute atomic E-state index is 0.0603. The van der Waals surface area contributed by atoms with Gasteiger partial charge in [-0.2, -0.15) is 0 Å². The summed E-state index contributed by atoms with van der Waals surface area (Å²) in [5.41, 5.74) is 2.85. The maximum absolute atomic E-state index is 5.64. The van der Waals surface area contributed by atoms with Gasteiger partial charge in [-0.3, -0.25) is 5.84 Å². The largest absolute Gasteiger partial charge is 0.334 e. The number of aryl methyl sites for hydroxylation is 1. The van der Waals surface area contributed by atoms with E-state index >= 15 is 0 Å². The molecule has 0 bridgehead atoms. The Balaban J connectivity index is 2.02. The van der Waals surface area contributed by atoms with Gasteiger partial charge in [0.15, 0.2) is 0 Å². The van der Waals surface area contributed by atoms with Crippen molar-refractivity contribution in [3.05, 3.63) is 48.5 Å². The van der Waals surface area contributed by atoms with Crippen LogP contribution in [-0.2, 0) is 6.54 Å². The third kappa shape index (κ3) is 3.13. The number of aromatic nitrogens is 2. The summed E-state index contributed by atoms with van der Waals surface area (Å²) < 4.78 is 2.11. The van der Waals surface area contributed by atoms with E-state index in [1.54, 1.807) is 11.8 Å². The lowest BCUT2D eigenvalue weighted by Crippen LogP contribution is -2.31. The quantitative estimate of drug-likeness (QED) is 0.476. The van der Waals surface area contributed by atoms with Crippen molar-refractivity contribution in [1.29, 1.82) is 0 Å². The highest BCUT2D eigenvalue weighted by Gasteiger charge is 2.15. The summed E-state index contributed by atoms with van der Waals surface area (Å²) in [7, 11) is 0. The maximum atomic E-state index is 5.64. The Hall–Kier alpha value is -1.30. The van der Waals surface area contributed by atoms with Gasteiger partial charge in [0.05, 0.1) is 6.04 Å². The van der Waals surface area contributed by atoms with Crippen LogP contribution < -0.4 is 11.3 Å². The second-order valence-corrected chi connectivity index (χ2v) is 5.01. The highest BCUT2D eigenvalue weighted by atomic mass is 32.2. The van der Waals surface area contributed by atoms with Crippen molar-refractivity contribution in [2.75, 3.05) is 5.75 Å². The third-order valence-corrected chi connectivity index (χ3v) is 3.87. The van der Waals surface area contributed by atoms with Crippen LogP contribution in [0.2, 0.25) is 0 Å². The van der Waals surface area contributed by atoms with Crippen molar-refractivity contribution in [3.63, 3.8) is 0 Å².